The van der Waals surface area contributed by atoms with E-state index in [0.717, 1.165) is 66.1 Å². The van der Waals surface area contributed by atoms with Gasteiger partial charge in [0.2, 0.25) is 0 Å². The van der Waals surface area contributed by atoms with Crippen molar-refractivity contribution < 1.29 is 19.1 Å². The van der Waals surface area contributed by atoms with Gasteiger partial charge in [-0.25, -0.2) is 9.59 Å². The van der Waals surface area contributed by atoms with Crippen molar-refractivity contribution in [3.05, 3.63) is 169 Å². The number of benzene rings is 7. The lowest BCUT2D eigenvalue weighted by atomic mass is 9.89. The van der Waals surface area contributed by atoms with Gasteiger partial charge >= 0.3 is 11.9 Å². The molecule has 0 aliphatic carbocycles. The molecule has 0 saturated carbocycles. The number of rotatable bonds is 8. The minimum atomic E-state index is -0.416. The minimum Gasteiger partial charge on any atom is -0.462 e. The van der Waals surface area contributed by atoms with Crippen LogP contribution in [0.25, 0.3) is 77.2 Å². The first-order valence-electron chi connectivity index (χ1n) is 18.3. The zero-order chi connectivity index (χ0) is 36.8. The monoisotopic (exact) mass is 704 g/mol. The van der Waals surface area contributed by atoms with Crippen LogP contribution >= 0.6 is 0 Å². The molecule has 0 spiro atoms. The predicted octanol–water partition coefficient (Wildman–Crippen LogP) is 11.6. The summed E-state index contributed by atoms with van der Waals surface area (Å²) in [6, 6.07) is 53.1. The Morgan fingerprint density at radius 1 is 0.407 bits per heavy atom. The van der Waals surface area contributed by atoms with Crippen LogP contribution in [0.4, 0.5) is 0 Å². The first kappa shape index (κ1) is 33.0. The van der Waals surface area contributed by atoms with Crippen molar-refractivity contribution in [1.29, 1.82) is 0 Å². The molecule has 0 radical (unpaired) electrons. The zero-order valence-corrected chi connectivity index (χ0v) is 30.0. The molecule has 54 heavy (non-hydrogen) atoms. The highest BCUT2D eigenvalue weighted by Crippen LogP contribution is 2.41. The van der Waals surface area contributed by atoms with E-state index in [-0.39, 0.29) is 13.2 Å². The molecule has 6 heteroatoms. The molecule has 0 N–H and O–H groups in total. The van der Waals surface area contributed by atoms with Crippen molar-refractivity contribution >= 4 is 55.6 Å². The summed E-state index contributed by atoms with van der Waals surface area (Å²) in [6.45, 7) is 4.10. The van der Waals surface area contributed by atoms with E-state index in [4.69, 9.17) is 9.47 Å². The van der Waals surface area contributed by atoms with Gasteiger partial charge in [0, 0.05) is 32.9 Å². The summed E-state index contributed by atoms with van der Waals surface area (Å²) in [5.74, 6) is -0.832. The number of esters is 2. The summed E-state index contributed by atoms with van der Waals surface area (Å²) in [5, 5.41) is 4.58. The maximum Gasteiger partial charge on any atom is 0.338 e. The lowest BCUT2D eigenvalue weighted by Gasteiger charge is -2.19. The second-order valence-electron chi connectivity index (χ2n) is 13.2. The summed E-state index contributed by atoms with van der Waals surface area (Å²) in [6.07, 6.45) is 0. The summed E-state index contributed by atoms with van der Waals surface area (Å²) < 4.78 is 15.7. The largest absolute Gasteiger partial charge is 0.462 e. The van der Waals surface area contributed by atoms with Gasteiger partial charge in [-0.05, 0) is 96.8 Å². The van der Waals surface area contributed by atoms with E-state index in [0.29, 0.717) is 22.3 Å². The summed E-state index contributed by atoms with van der Waals surface area (Å²) in [5.41, 5.74) is 9.87. The minimum absolute atomic E-state index is 0.238. The van der Waals surface area contributed by atoms with Crippen molar-refractivity contribution in [2.75, 3.05) is 13.2 Å². The highest BCUT2D eigenvalue weighted by Gasteiger charge is 2.24. The molecule has 2 heterocycles. The topological polar surface area (TPSA) is 62.5 Å². The Labute approximate surface area is 312 Å². The van der Waals surface area contributed by atoms with Crippen LogP contribution in [0.1, 0.15) is 34.6 Å². The number of carbonyl (C=O) groups is 2. The molecule has 0 unspecified atom stereocenters. The molecule has 9 rings (SSSR count). The van der Waals surface area contributed by atoms with Gasteiger partial charge in [0.05, 0.1) is 46.4 Å². The molecule has 262 valence electrons. The lowest BCUT2D eigenvalue weighted by Crippen LogP contribution is -2.09. The smallest absolute Gasteiger partial charge is 0.338 e. The van der Waals surface area contributed by atoms with Crippen molar-refractivity contribution in [3.8, 4) is 33.6 Å². The summed E-state index contributed by atoms with van der Waals surface area (Å²) >= 11 is 0. The Bertz CT molecular complexity index is 2610. The molecule has 0 aliphatic rings. The molecular formula is C48H36N2O4. The predicted molar refractivity (Wildman–Crippen MR) is 218 cm³/mol. The number of fused-ring (bicyclic) bond motifs is 6. The summed E-state index contributed by atoms with van der Waals surface area (Å²) in [7, 11) is 0. The van der Waals surface area contributed by atoms with Gasteiger partial charge in [-0.15, -0.1) is 0 Å². The van der Waals surface area contributed by atoms with Crippen molar-refractivity contribution in [1.82, 2.24) is 9.13 Å². The SMILES string of the molecule is CCOC(=O)c1ccc(-n2c3ccccc3c3ccccc32)cc1-c1ccccc1-c1cc(-n2c3ccccc3c3ccccc32)ccc1C(=O)OCC. The van der Waals surface area contributed by atoms with Gasteiger partial charge in [-0.2, -0.15) is 0 Å². The van der Waals surface area contributed by atoms with E-state index >= 15 is 0 Å². The Kier molecular flexibility index (Phi) is 8.28. The van der Waals surface area contributed by atoms with Crippen LogP contribution in [-0.4, -0.2) is 34.3 Å². The fourth-order valence-electron chi connectivity index (χ4n) is 7.92. The van der Waals surface area contributed by atoms with Crippen molar-refractivity contribution in [2.24, 2.45) is 0 Å². The van der Waals surface area contributed by atoms with Gasteiger partial charge in [0.15, 0.2) is 0 Å². The van der Waals surface area contributed by atoms with Crippen molar-refractivity contribution in [3.63, 3.8) is 0 Å². The van der Waals surface area contributed by atoms with Gasteiger partial charge in [-0.3, -0.25) is 0 Å². The van der Waals surface area contributed by atoms with Crippen LogP contribution in [-0.2, 0) is 9.47 Å². The summed E-state index contributed by atoms with van der Waals surface area (Å²) in [4.78, 5) is 27.4. The number of ether oxygens (including phenoxy) is 2. The quantitative estimate of drug-likeness (QED) is 0.148. The second-order valence-corrected chi connectivity index (χ2v) is 13.2. The van der Waals surface area contributed by atoms with E-state index in [1.54, 1.807) is 0 Å². The van der Waals surface area contributed by atoms with Crippen molar-refractivity contribution in [2.45, 2.75) is 13.8 Å². The number of hydrogen-bond donors (Lipinski definition) is 0. The molecule has 6 nitrogen and oxygen atoms in total. The molecule has 0 atom stereocenters. The fraction of sp³-hybridized carbons (Fsp3) is 0.0833. The molecule has 2 aromatic heterocycles. The Balaban J connectivity index is 1.31. The van der Waals surface area contributed by atoms with Crippen LogP contribution < -0.4 is 0 Å². The average Bonchev–Trinajstić information content (AvgIpc) is 3.74. The van der Waals surface area contributed by atoms with Crippen LogP contribution in [0.5, 0.6) is 0 Å². The standard InChI is InChI=1S/C48H36N2O4/c1-3-53-47(51)39-27-25-31(49-43-21-11-7-17-35(43)36-18-8-12-22-44(36)49)29-41(39)33-15-5-6-16-34(33)42-30-32(26-28-40(42)48(52)54-4-2)50-45-23-13-9-19-37(45)38-20-10-14-24-46(38)50/h5-30H,3-4H2,1-2H3. The second kappa shape index (κ2) is 13.6. The molecule has 0 amide bonds. The molecule has 7 aromatic carbocycles. The first-order chi connectivity index (χ1) is 26.6. The maximum atomic E-state index is 13.7. The van der Waals surface area contributed by atoms with Crippen LogP contribution in [0.3, 0.4) is 0 Å². The van der Waals surface area contributed by atoms with E-state index in [1.165, 1.54) is 0 Å². The van der Waals surface area contributed by atoms with Gasteiger partial charge in [-0.1, -0.05) is 97.1 Å². The average molecular weight is 705 g/mol. The molecule has 0 bridgehead atoms. The van der Waals surface area contributed by atoms with Crippen LogP contribution in [0, 0.1) is 0 Å². The maximum absolute atomic E-state index is 13.7. The normalized spacial score (nSPS) is 11.4. The highest BCUT2D eigenvalue weighted by molar-refractivity contribution is 6.11. The third-order valence-corrected chi connectivity index (χ3v) is 10.2. The number of aromatic nitrogens is 2. The van der Waals surface area contributed by atoms with Crippen LogP contribution in [0.2, 0.25) is 0 Å². The highest BCUT2D eigenvalue weighted by atomic mass is 16.5. The number of para-hydroxylation sites is 4. The third kappa shape index (κ3) is 5.34. The van der Waals surface area contributed by atoms with E-state index in [9.17, 15) is 9.59 Å². The van der Waals surface area contributed by atoms with Gasteiger partial charge in [0.1, 0.15) is 0 Å². The van der Waals surface area contributed by atoms with E-state index in [1.807, 2.05) is 86.6 Å². The number of nitrogens with zero attached hydrogens (tertiary/aromatic N) is 2. The zero-order valence-electron chi connectivity index (χ0n) is 30.0. The Morgan fingerprint density at radius 3 is 1.06 bits per heavy atom. The molecule has 0 fully saturated rings. The lowest BCUT2D eigenvalue weighted by molar-refractivity contribution is 0.0517. The van der Waals surface area contributed by atoms with Crippen LogP contribution in [0.15, 0.2) is 158 Å². The third-order valence-electron chi connectivity index (χ3n) is 10.2. The molecule has 0 aliphatic heterocycles. The Hall–Kier alpha value is -6.92. The van der Waals surface area contributed by atoms with Gasteiger partial charge < -0.3 is 18.6 Å². The Morgan fingerprint density at radius 2 is 0.722 bits per heavy atom. The molecule has 9 aromatic rings. The van der Waals surface area contributed by atoms with E-state index in [2.05, 4.69) is 94.1 Å². The number of carbonyl (C=O) groups excluding carboxylic acids is 2. The fourth-order valence-corrected chi connectivity index (χ4v) is 7.92. The first-order valence-corrected chi connectivity index (χ1v) is 18.3. The molecule has 0 saturated heterocycles. The number of hydrogen-bond acceptors (Lipinski definition) is 4. The molecular weight excluding hydrogens is 669 g/mol. The van der Waals surface area contributed by atoms with Gasteiger partial charge in [0.25, 0.3) is 0 Å². The van der Waals surface area contributed by atoms with E-state index < -0.39 is 11.9 Å².